The smallest absolute Gasteiger partial charge is 0.245 e. The van der Waals surface area contributed by atoms with Crippen LogP contribution in [0.4, 0.5) is 0 Å². The molecule has 0 aromatic heterocycles. The van der Waals surface area contributed by atoms with Crippen LogP contribution in [0.15, 0.2) is 59.5 Å². The molecule has 0 bridgehead atoms. The first-order valence-electron chi connectivity index (χ1n) is 8.48. The van der Waals surface area contributed by atoms with Crippen molar-refractivity contribution in [1.29, 1.82) is 0 Å². The first-order valence-corrected chi connectivity index (χ1v) is 9.96. The molecule has 0 unspecified atom stereocenters. The summed E-state index contributed by atoms with van der Waals surface area (Å²) in [7, 11) is -3.84. The Morgan fingerprint density at radius 2 is 1.77 bits per heavy atom. The number of hydrogen-bond donors (Lipinski definition) is 1. The lowest BCUT2D eigenvalue weighted by molar-refractivity contribution is -0.137. The Labute approximate surface area is 153 Å². The third kappa shape index (κ3) is 4.30. The quantitative estimate of drug-likeness (QED) is 0.867. The van der Waals surface area contributed by atoms with E-state index in [1.54, 1.807) is 41.3 Å². The van der Waals surface area contributed by atoms with Gasteiger partial charge in [0.15, 0.2) is 0 Å². The van der Waals surface area contributed by atoms with Crippen molar-refractivity contribution in [1.82, 2.24) is 9.62 Å². The van der Waals surface area contributed by atoms with Crippen LogP contribution in [0.5, 0.6) is 0 Å². The van der Waals surface area contributed by atoms with Gasteiger partial charge in [-0.05, 0) is 30.2 Å². The van der Waals surface area contributed by atoms with E-state index in [1.165, 1.54) is 6.07 Å². The first-order chi connectivity index (χ1) is 12.5. The van der Waals surface area contributed by atoms with Gasteiger partial charge in [-0.1, -0.05) is 42.5 Å². The zero-order chi connectivity index (χ0) is 18.6. The third-order valence-electron chi connectivity index (χ3n) is 4.28. The number of amides is 1. The van der Waals surface area contributed by atoms with Gasteiger partial charge < -0.3 is 9.64 Å². The Morgan fingerprint density at radius 3 is 2.42 bits per heavy atom. The second-order valence-electron chi connectivity index (χ2n) is 6.22. The molecule has 2 aromatic carbocycles. The highest BCUT2D eigenvalue weighted by molar-refractivity contribution is 7.89. The van der Waals surface area contributed by atoms with Crippen molar-refractivity contribution < 1.29 is 17.9 Å². The first kappa shape index (κ1) is 18.6. The number of benzene rings is 2. The molecule has 1 fully saturated rings. The second-order valence-corrected chi connectivity index (χ2v) is 7.93. The molecule has 3 rings (SSSR count). The minimum absolute atomic E-state index is 0.146. The van der Waals surface area contributed by atoms with Crippen LogP contribution in [0.25, 0.3) is 0 Å². The topological polar surface area (TPSA) is 75.7 Å². The molecule has 1 atom stereocenters. The molecule has 1 aliphatic heterocycles. The van der Waals surface area contributed by atoms with Gasteiger partial charge in [0.1, 0.15) is 6.04 Å². The van der Waals surface area contributed by atoms with Gasteiger partial charge in [0.2, 0.25) is 15.9 Å². The Morgan fingerprint density at radius 1 is 1.08 bits per heavy atom. The number of aryl methyl sites for hydroxylation is 1. The molecule has 0 saturated carbocycles. The van der Waals surface area contributed by atoms with Crippen LogP contribution in [-0.4, -0.2) is 45.5 Å². The van der Waals surface area contributed by atoms with Crippen molar-refractivity contribution >= 4 is 15.9 Å². The molecule has 0 radical (unpaired) electrons. The molecular weight excluding hydrogens is 352 g/mol. The van der Waals surface area contributed by atoms with E-state index in [0.29, 0.717) is 31.9 Å². The van der Waals surface area contributed by atoms with Gasteiger partial charge in [0, 0.05) is 13.1 Å². The number of carbonyl (C=O) groups excluding carboxylic acids is 1. The summed E-state index contributed by atoms with van der Waals surface area (Å²) in [4.78, 5) is 14.8. The number of nitrogens with one attached hydrogen (secondary N) is 1. The molecule has 1 saturated heterocycles. The fourth-order valence-electron chi connectivity index (χ4n) is 2.88. The number of rotatable bonds is 5. The van der Waals surface area contributed by atoms with Crippen LogP contribution in [0.1, 0.15) is 17.2 Å². The molecule has 6 nitrogen and oxygen atoms in total. The predicted octanol–water partition coefficient (Wildman–Crippen LogP) is 1.87. The van der Waals surface area contributed by atoms with E-state index in [2.05, 4.69) is 4.72 Å². The highest BCUT2D eigenvalue weighted by Gasteiger charge is 2.31. The van der Waals surface area contributed by atoms with Crippen LogP contribution in [-0.2, 0) is 19.6 Å². The van der Waals surface area contributed by atoms with Gasteiger partial charge in [0.05, 0.1) is 18.1 Å². The predicted molar refractivity (Wildman–Crippen MR) is 98.1 cm³/mol. The molecule has 138 valence electrons. The molecule has 0 aliphatic carbocycles. The summed E-state index contributed by atoms with van der Waals surface area (Å²) in [5.74, 6) is -0.268. The Hall–Kier alpha value is -2.22. The van der Waals surface area contributed by atoms with Crippen molar-refractivity contribution in [3.63, 3.8) is 0 Å². The maximum Gasteiger partial charge on any atom is 0.245 e. The minimum atomic E-state index is -3.84. The molecule has 1 N–H and O–H groups in total. The van der Waals surface area contributed by atoms with Crippen LogP contribution in [0.2, 0.25) is 0 Å². The number of carbonyl (C=O) groups is 1. The van der Waals surface area contributed by atoms with E-state index in [9.17, 15) is 13.2 Å². The monoisotopic (exact) mass is 374 g/mol. The molecule has 2 aromatic rings. The SMILES string of the molecule is Cc1cccc(S(=O)(=O)N[C@H](C(=O)N2CCOCC2)c2ccccc2)c1. The van der Waals surface area contributed by atoms with Gasteiger partial charge in [-0.25, -0.2) is 8.42 Å². The number of nitrogens with zero attached hydrogens (tertiary/aromatic N) is 1. The van der Waals surface area contributed by atoms with Gasteiger partial charge in [-0.2, -0.15) is 4.72 Å². The Kier molecular flexibility index (Phi) is 5.70. The number of morpholine rings is 1. The number of hydrogen-bond acceptors (Lipinski definition) is 4. The lowest BCUT2D eigenvalue weighted by atomic mass is 10.1. The van der Waals surface area contributed by atoms with Crippen molar-refractivity contribution in [2.45, 2.75) is 17.9 Å². The van der Waals surface area contributed by atoms with E-state index >= 15 is 0 Å². The molecule has 26 heavy (non-hydrogen) atoms. The summed E-state index contributed by atoms with van der Waals surface area (Å²) in [5.41, 5.74) is 1.45. The van der Waals surface area contributed by atoms with Crippen LogP contribution in [0.3, 0.4) is 0 Å². The fraction of sp³-hybridized carbons (Fsp3) is 0.316. The van der Waals surface area contributed by atoms with Crippen molar-refractivity contribution in [2.24, 2.45) is 0 Å². The van der Waals surface area contributed by atoms with Crippen LogP contribution >= 0.6 is 0 Å². The molecule has 0 spiro atoms. The standard InChI is InChI=1S/C19H22N2O4S/c1-15-6-5-9-17(14-15)26(23,24)20-18(16-7-3-2-4-8-16)19(22)21-10-12-25-13-11-21/h2-9,14,18,20H,10-13H2,1H3/t18-/m0/s1. The summed E-state index contributed by atoms with van der Waals surface area (Å²) >= 11 is 0. The van der Waals surface area contributed by atoms with Crippen molar-refractivity contribution in [3.05, 3.63) is 65.7 Å². The zero-order valence-corrected chi connectivity index (χ0v) is 15.4. The fourth-order valence-corrected chi connectivity index (χ4v) is 4.16. The van der Waals surface area contributed by atoms with Gasteiger partial charge in [-0.15, -0.1) is 0 Å². The molecule has 1 amide bonds. The van der Waals surface area contributed by atoms with Crippen molar-refractivity contribution in [2.75, 3.05) is 26.3 Å². The van der Waals surface area contributed by atoms with Gasteiger partial charge in [-0.3, -0.25) is 4.79 Å². The summed E-state index contributed by atoms with van der Waals surface area (Å²) in [6.45, 7) is 3.64. The Balaban J connectivity index is 1.92. The highest BCUT2D eigenvalue weighted by atomic mass is 32.2. The van der Waals surface area contributed by atoms with E-state index in [-0.39, 0.29) is 10.8 Å². The summed E-state index contributed by atoms with van der Waals surface area (Å²) in [6, 6.07) is 14.6. The largest absolute Gasteiger partial charge is 0.378 e. The number of ether oxygens (including phenoxy) is 1. The lowest BCUT2D eigenvalue weighted by Crippen LogP contribution is -2.47. The normalized spacial score (nSPS) is 16.3. The second kappa shape index (κ2) is 7.99. The van der Waals surface area contributed by atoms with Crippen LogP contribution in [0, 0.1) is 6.92 Å². The van der Waals surface area contributed by atoms with E-state index < -0.39 is 16.1 Å². The molecule has 1 aliphatic rings. The summed E-state index contributed by atoms with van der Waals surface area (Å²) in [6.07, 6.45) is 0. The maximum atomic E-state index is 13.0. The average Bonchev–Trinajstić information content (AvgIpc) is 2.67. The van der Waals surface area contributed by atoms with Crippen LogP contribution < -0.4 is 4.72 Å². The Bertz CT molecular complexity index is 862. The maximum absolute atomic E-state index is 13.0. The van der Waals surface area contributed by atoms with Gasteiger partial charge >= 0.3 is 0 Å². The third-order valence-corrected chi connectivity index (χ3v) is 5.70. The average molecular weight is 374 g/mol. The van der Waals surface area contributed by atoms with E-state index in [0.717, 1.165) is 5.56 Å². The zero-order valence-electron chi connectivity index (χ0n) is 14.6. The molecule has 7 heteroatoms. The van der Waals surface area contributed by atoms with E-state index in [4.69, 9.17) is 4.74 Å². The van der Waals surface area contributed by atoms with Crippen molar-refractivity contribution in [3.8, 4) is 0 Å². The highest BCUT2D eigenvalue weighted by Crippen LogP contribution is 2.21. The van der Waals surface area contributed by atoms with E-state index in [1.807, 2.05) is 19.1 Å². The number of sulfonamides is 1. The van der Waals surface area contributed by atoms with Gasteiger partial charge in [0.25, 0.3) is 0 Å². The molecule has 1 heterocycles. The summed E-state index contributed by atoms with van der Waals surface area (Å²) < 4.78 is 33.6. The summed E-state index contributed by atoms with van der Waals surface area (Å²) in [5, 5.41) is 0. The molecular formula is C19H22N2O4S. The minimum Gasteiger partial charge on any atom is -0.378 e. The lowest BCUT2D eigenvalue weighted by Gasteiger charge is -2.30.